The van der Waals surface area contributed by atoms with Crippen LogP contribution in [0.3, 0.4) is 0 Å². The first-order chi connectivity index (χ1) is 12.4. The highest BCUT2D eigenvalue weighted by molar-refractivity contribution is 5.91. The minimum Gasteiger partial charge on any atom is -0.336 e. The van der Waals surface area contributed by atoms with Gasteiger partial charge in [0, 0.05) is 19.3 Å². The van der Waals surface area contributed by atoms with E-state index in [0.29, 0.717) is 12.2 Å². The number of anilines is 1. The maximum absolute atomic E-state index is 12.9. The van der Waals surface area contributed by atoms with Crippen LogP contribution in [-0.2, 0) is 16.1 Å². The molecule has 1 unspecified atom stereocenters. The van der Waals surface area contributed by atoms with Gasteiger partial charge in [-0.25, -0.2) is 4.39 Å². The van der Waals surface area contributed by atoms with Gasteiger partial charge in [-0.05, 0) is 36.8 Å². The fraction of sp³-hybridized carbons (Fsp3) is 0.300. The molecule has 6 heteroatoms. The SMILES string of the molecule is C[C@H](C(=O)N(C)Cc1ccccc1)[NH+](C)CC(=O)Nc1ccc(F)cc1. The molecule has 138 valence electrons. The Bertz CT molecular complexity index is 734. The number of carbonyl (C=O) groups is 2. The van der Waals surface area contributed by atoms with E-state index in [9.17, 15) is 14.0 Å². The number of hydrogen-bond donors (Lipinski definition) is 2. The van der Waals surface area contributed by atoms with Crippen molar-refractivity contribution < 1.29 is 18.9 Å². The molecule has 0 aliphatic heterocycles. The molecule has 0 aromatic heterocycles. The van der Waals surface area contributed by atoms with Crippen LogP contribution in [0.15, 0.2) is 54.6 Å². The number of likely N-dealkylation sites (N-methyl/N-ethyl adjacent to an activating group) is 2. The first-order valence-corrected chi connectivity index (χ1v) is 8.53. The van der Waals surface area contributed by atoms with Crippen molar-refractivity contribution in [2.75, 3.05) is 26.0 Å². The van der Waals surface area contributed by atoms with E-state index in [2.05, 4.69) is 5.32 Å². The normalized spacial score (nSPS) is 12.9. The van der Waals surface area contributed by atoms with E-state index in [1.165, 1.54) is 24.3 Å². The molecular formula is C20H25FN3O2+. The maximum Gasteiger partial charge on any atom is 0.280 e. The summed E-state index contributed by atoms with van der Waals surface area (Å²) in [6.07, 6.45) is 0. The number of quaternary nitrogens is 1. The van der Waals surface area contributed by atoms with Crippen molar-refractivity contribution in [3.63, 3.8) is 0 Å². The molecule has 0 saturated heterocycles. The second-order valence-electron chi connectivity index (χ2n) is 6.48. The number of halogens is 1. The number of amides is 2. The number of benzene rings is 2. The smallest absolute Gasteiger partial charge is 0.280 e. The largest absolute Gasteiger partial charge is 0.336 e. The van der Waals surface area contributed by atoms with Gasteiger partial charge in [0.15, 0.2) is 12.6 Å². The fourth-order valence-electron chi connectivity index (χ4n) is 2.62. The minimum absolute atomic E-state index is 0.0269. The van der Waals surface area contributed by atoms with Crippen LogP contribution in [-0.4, -0.2) is 43.4 Å². The van der Waals surface area contributed by atoms with Gasteiger partial charge in [-0.3, -0.25) is 9.59 Å². The van der Waals surface area contributed by atoms with Gasteiger partial charge in [0.25, 0.3) is 11.8 Å². The second-order valence-corrected chi connectivity index (χ2v) is 6.48. The summed E-state index contributed by atoms with van der Waals surface area (Å²) in [5.41, 5.74) is 1.59. The van der Waals surface area contributed by atoms with Crippen molar-refractivity contribution in [2.24, 2.45) is 0 Å². The average molecular weight is 358 g/mol. The van der Waals surface area contributed by atoms with Crippen LogP contribution >= 0.6 is 0 Å². The third-order valence-corrected chi connectivity index (χ3v) is 4.32. The summed E-state index contributed by atoms with van der Waals surface area (Å²) in [5.74, 6) is -0.605. The molecule has 0 spiro atoms. The molecule has 0 aliphatic rings. The lowest BCUT2D eigenvalue weighted by Gasteiger charge is -2.25. The molecule has 2 N–H and O–H groups in total. The molecule has 2 aromatic rings. The molecule has 2 amide bonds. The van der Waals surface area contributed by atoms with Crippen molar-refractivity contribution in [2.45, 2.75) is 19.5 Å². The summed E-state index contributed by atoms with van der Waals surface area (Å²) in [5, 5.41) is 2.71. The van der Waals surface area contributed by atoms with Crippen molar-refractivity contribution in [1.29, 1.82) is 0 Å². The second kappa shape index (κ2) is 9.10. The van der Waals surface area contributed by atoms with Crippen LogP contribution < -0.4 is 10.2 Å². The van der Waals surface area contributed by atoms with Gasteiger partial charge in [0.1, 0.15) is 5.82 Å². The Balaban J connectivity index is 1.86. The summed E-state index contributed by atoms with van der Waals surface area (Å²) in [4.78, 5) is 27.2. The summed E-state index contributed by atoms with van der Waals surface area (Å²) >= 11 is 0. The number of hydrogen-bond acceptors (Lipinski definition) is 2. The van der Waals surface area contributed by atoms with E-state index in [1.54, 1.807) is 11.9 Å². The quantitative estimate of drug-likeness (QED) is 0.785. The Labute approximate surface area is 153 Å². The average Bonchev–Trinajstić information content (AvgIpc) is 2.63. The van der Waals surface area contributed by atoms with Gasteiger partial charge >= 0.3 is 0 Å². The Kier molecular flexibility index (Phi) is 6.86. The summed E-state index contributed by atoms with van der Waals surface area (Å²) in [6, 6.07) is 15.0. The molecule has 0 aliphatic carbocycles. The maximum atomic E-state index is 12.9. The van der Waals surface area contributed by atoms with Crippen LogP contribution in [0.1, 0.15) is 12.5 Å². The molecule has 0 radical (unpaired) electrons. The van der Waals surface area contributed by atoms with E-state index in [1.807, 2.05) is 44.3 Å². The third kappa shape index (κ3) is 5.67. The number of nitrogens with one attached hydrogen (secondary N) is 2. The molecule has 2 aromatic carbocycles. The Morgan fingerprint density at radius 3 is 2.35 bits per heavy atom. The topological polar surface area (TPSA) is 53.9 Å². The van der Waals surface area contributed by atoms with Gasteiger partial charge in [-0.15, -0.1) is 0 Å². The van der Waals surface area contributed by atoms with Gasteiger partial charge in [-0.2, -0.15) is 0 Å². The lowest BCUT2D eigenvalue weighted by atomic mass is 10.2. The lowest BCUT2D eigenvalue weighted by molar-refractivity contribution is -0.886. The van der Waals surface area contributed by atoms with E-state index in [-0.39, 0.29) is 30.2 Å². The predicted molar refractivity (Wildman–Crippen MR) is 99.2 cm³/mol. The highest BCUT2D eigenvalue weighted by atomic mass is 19.1. The van der Waals surface area contributed by atoms with Crippen LogP contribution in [0.4, 0.5) is 10.1 Å². The van der Waals surface area contributed by atoms with Gasteiger partial charge in [-0.1, -0.05) is 30.3 Å². The van der Waals surface area contributed by atoms with Crippen molar-refractivity contribution in [3.8, 4) is 0 Å². The summed E-state index contributed by atoms with van der Waals surface area (Å²) in [6.45, 7) is 2.48. The first-order valence-electron chi connectivity index (χ1n) is 8.53. The first kappa shape index (κ1) is 19.6. The van der Waals surface area contributed by atoms with E-state index < -0.39 is 0 Å². The molecule has 0 bridgehead atoms. The van der Waals surface area contributed by atoms with Gasteiger partial charge < -0.3 is 15.1 Å². The third-order valence-electron chi connectivity index (χ3n) is 4.32. The molecule has 2 atom stereocenters. The summed E-state index contributed by atoms with van der Waals surface area (Å²) in [7, 11) is 3.57. The zero-order valence-electron chi connectivity index (χ0n) is 15.3. The Morgan fingerprint density at radius 2 is 1.73 bits per heavy atom. The molecular weight excluding hydrogens is 333 g/mol. The van der Waals surface area contributed by atoms with Gasteiger partial charge in [0.2, 0.25) is 0 Å². The Hall–Kier alpha value is -2.73. The molecule has 0 saturated carbocycles. The zero-order valence-corrected chi connectivity index (χ0v) is 15.3. The van der Waals surface area contributed by atoms with Crippen LogP contribution in [0.2, 0.25) is 0 Å². The van der Waals surface area contributed by atoms with E-state index in [4.69, 9.17) is 0 Å². The summed E-state index contributed by atoms with van der Waals surface area (Å²) < 4.78 is 12.9. The van der Waals surface area contributed by atoms with E-state index >= 15 is 0 Å². The van der Waals surface area contributed by atoms with Crippen molar-refractivity contribution >= 4 is 17.5 Å². The number of nitrogens with zero attached hydrogens (tertiary/aromatic N) is 1. The number of rotatable bonds is 7. The monoisotopic (exact) mass is 358 g/mol. The molecule has 0 fully saturated rings. The highest BCUT2D eigenvalue weighted by Gasteiger charge is 2.26. The molecule has 2 rings (SSSR count). The zero-order chi connectivity index (χ0) is 19.1. The van der Waals surface area contributed by atoms with Crippen LogP contribution in [0.5, 0.6) is 0 Å². The highest BCUT2D eigenvalue weighted by Crippen LogP contribution is 2.07. The van der Waals surface area contributed by atoms with Crippen LogP contribution in [0.25, 0.3) is 0 Å². The standard InChI is InChI=1S/C20H24FN3O2/c1-15(20(26)24(3)13-16-7-5-4-6-8-16)23(2)14-19(25)22-18-11-9-17(21)10-12-18/h4-12,15H,13-14H2,1-3H3,(H,22,25)/p+1/t15-/m1/s1. The Morgan fingerprint density at radius 1 is 1.12 bits per heavy atom. The van der Waals surface area contributed by atoms with Crippen LogP contribution in [0, 0.1) is 5.82 Å². The lowest BCUT2D eigenvalue weighted by Crippen LogP contribution is -3.15. The number of carbonyl (C=O) groups excluding carboxylic acids is 2. The van der Waals surface area contributed by atoms with Gasteiger partial charge in [0.05, 0.1) is 7.05 Å². The predicted octanol–water partition coefficient (Wildman–Crippen LogP) is 1.33. The minimum atomic E-state index is -0.359. The molecule has 26 heavy (non-hydrogen) atoms. The van der Waals surface area contributed by atoms with Crippen molar-refractivity contribution in [1.82, 2.24) is 4.90 Å². The fourth-order valence-corrected chi connectivity index (χ4v) is 2.62. The molecule has 5 nitrogen and oxygen atoms in total. The molecule has 0 heterocycles. The van der Waals surface area contributed by atoms with Crippen molar-refractivity contribution in [3.05, 3.63) is 66.0 Å². The van der Waals surface area contributed by atoms with E-state index in [0.717, 1.165) is 10.5 Å².